The number of benzene rings is 2. The summed E-state index contributed by atoms with van der Waals surface area (Å²) in [5.74, 6) is 0.0594. The highest BCUT2D eigenvalue weighted by molar-refractivity contribution is 5.94. The minimum Gasteiger partial charge on any atom is -0.481 e. The summed E-state index contributed by atoms with van der Waals surface area (Å²) in [5.41, 5.74) is 0.919. The van der Waals surface area contributed by atoms with Crippen LogP contribution in [-0.4, -0.2) is 18.6 Å². The van der Waals surface area contributed by atoms with Crippen molar-refractivity contribution in [3.8, 4) is 17.6 Å². The predicted octanol–water partition coefficient (Wildman–Crippen LogP) is 3.57. The molecule has 0 unspecified atom stereocenters. The molecule has 0 spiro atoms. The van der Waals surface area contributed by atoms with E-state index in [0.717, 1.165) is 0 Å². The zero-order chi connectivity index (χ0) is 17.5. The van der Waals surface area contributed by atoms with Crippen LogP contribution in [0.5, 0.6) is 11.5 Å². The van der Waals surface area contributed by atoms with Gasteiger partial charge in [-0.1, -0.05) is 0 Å². The zero-order valence-electron chi connectivity index (χ0n) is 12.7. The number of nitrogens with one attached hydrogen (secondary N) is 1. The number of carbonyl (C=O) groups excluding carboxylic acids is 1. The molecule has 124 valence electrons. The monoisotopic (exact) mass is 332 g/mol. The van der Waals surface area contributed by atoms with Crippen LogP contribution in [0.2, 0.25) is 0 Å². The molecule has 5 nitrogen and oxygen atoms in total. The lowest BCUT2D eigenvalue weighted by Gasteiger charge is -2.15. The molecule has 2 aromatic carbocycles. The Kier molecular flexibility index (Phi) is 5.68. The molecular formula is C17H14F2N2O3. The first kappa shape index (κ1) is 17.2. The maximum Gasteiger partial charge on any atom is 0.387 e. The number of amides is 1. The summed E-state index contributed by atoms with van der Waals surface area (Å²) in [4.78, 5) is 12.1. The molecule has 0 fully saturated rings. The second kappa shape index (κ2) is 7.92. The Hall–Kier alpha value is -3.14. The summed E-state index contributed by atoms with van der Waals surface area (Å²) in [7, 11) is 0. The highest BCUT2D eigenvalue weighted by Gasteiger charge is 2.15. The topological polar surface area (TPSA) is 71.3 Å². The zero-order valence-corrected chi connectivity index (χ0v) is 12.7. The van der Waals surface area contributed by atoms with Crippen molar-refractivity contribution in [2.24, 2.45) is 0 Å². The third-order valence-corrected chi connectivity index (χ3v) is 3.01. The molecule has 1 amide bonds. The smallest absolute Gasteiger partial charge is 0.387 e. The third-order valence-electron chi connectivity index (χ3n) is 3.01. The van der Waals surface area contributed by atoms with Crippen LogP contribution in [0, 0.1) is 11.3 Å². The molecule has 0 bridgehead atoms. The lowest BCUT2D eigenvalue weighted by atomic mass is 10.2. The predicted molar refractivity (Wildman–Crippen MR) is 83.0 cm³/mol. The van der Waals surface area contributed by atoms with Gasteiger partial charge in [0.1, 0.15) is 11.5 Å². The SMILES string of the molecule is C[C@H](Oc1ccc(C#N)cc1)C(=O)Nc1ccc(OC(F)F)cc1. The van der Waals surface area contributed by atoms with E-state index in [0.29, 0.717) is 17.0 Å². The van der Waals surface area contributed by atoms with Crippen molar-refractivity contribution < 1.29 is 23.0 Å². The molecule has 0 heterocycles. The van der Waals surface area contributed by atoms with Gasteiger partial charge in [-0.3, -0.25) is 4.79 Å². The van der Waals surface area contributed by atoms with Crippen molar-refractivity contribution in [3.63, 3.8) is 0 Å². The number of carbonyl (C=O) groups is 1. The number of nitriles is 1. The van der Waals surface area contributed by atoms with Gasteiger partial charge in [-0.05, 0) is 55.5 Å². The number of hydrogen-bond donors (Lipinski definition) is 1. The van der Waals surface area contributed by atoms with E-state index >= 15 is 0 Å². The van der Waals surface area contributed by atoms with Crippen LogP contribution in [0.3, 0.4) is 0 Å². The summed E-state index contributed by atoms with van der Waals surface area (Å²) >= 11 is 0. The largest absolute Gasteiger partial charge is 0.481 e. The maximum atomic E-state index is 12.1. The van der Waals surface area contributed by atoms with Gasteiger partial charge in [-0.25, -0.2) is 0 Å². The molecular weight excluding hydrogens is 318 g/mol. The van der Waals surface area contributed by atoms with Gasteiger partial charge < -0.3 is 14.8 Å². The summed E-state index contributed by atoms with van der Waals surface area (Å²) in [6.07, 6.45) is -0.782. The van der Waals surface area contributed by atoms with Crippen LogP contribution in [0.1, 0.15) is 12.5 Å². The first-order chi connectivity index (χ1) is 11.5. The number of rotatable bonds is 6. The molecule has 0 aliphatic heterocycles. The summed E-state index contributed by atoms with van der Waals surface area (Å²) in [6, 6.07) is 13.9. The van der Waals surface area contributed by atoms with Crippen molar-refractivity contribution in [1.29, 1.82) is 5.26 Å². The van der Waals surface area contributed by atoms with E-state index < -0.39 is 18.6 Å². The molecule has 7 heteroatoms. The fourth-order valence-electron chi connectivity index (χ4n) is 1.83. The molecule has 1 N–H and O–H groups in total. The highest BCUT2D eigenvalue weighted by atomic mass is 19.3. The van der Waals surface area contributed by atoms with Gasteiger partial charge in [0.2, 0.25) is 0 Å². The van der Waals surface area contributed by atoms with E-state index in [1.54, 1.807) is 31.2 Å². The molecule has 0 radical (unpaired) electrons. The van der Waals surface area contributed by atoms with Crippen molar-refractivity contribution in [1.82, 2.24) is 0 Å². The van der Waals surface area contributed by atoms with Crippen LogP contribution in [-0.2, 0) is 4.79 Å². The maximum absolute atomic E-state index is 12.1. The number of ether oxygens (including phenoxy) is 2. The van der Waals surface area contributed by atoms with Gasteiger partial charge in [-0.15, -0.1) is 0 Å². The van der Waals surface area contributed by atoms with E-state index in [2.05, 4.69) is 10.1 Å². The average molecular weight is 332 g/mol. The second-order valence-corrected chi connectivity index (χ2v) is 4.79. The Labute approximate surface area is 137 Å². The third kappa shape index (κ3) is 4.95. The summed E-state index contributed by atoms with van der Waals surface area (Å²) in [6.45, 7) is -1.33. The van der Waals surface area contributed by atoms with Gasteiger partial charge in [0, 0.05) is 5.69 Å². The minimum atomic E-state index is -2.90. The number of hydrogen-bond acceptors (Lipinski definition) is 4. The van der Waals surface area contributed by atoms with Crippen molar-refractivity contribution >= 4 is 11.6 Å². The quantitative estimate of drug-likeness (QED) is 0.878. The van der Waals surface area contributed by atoms with Crippen LogP contribution in [0.25, 0.3) is 0 Å². The fraction of sp³-hybridized carbons (Fsp3) is 0.176. The van der Waals surface area contributed by atoms with Crippen molar-refractivity contribution in [2.45, 2.75) is 19.6 Å². The molecule has 0 aromatic heterocycles. The standard InChI is InChI=1S/C17H14F2N2O3/c1-11(23-14-6-2-12(10-20)3-7-14)16(22)21-13-4-8-15(9-5-13)24-17(18)19/h2-9,11,17H,1H3,(H,21,22)/t11-/m0/s1. The number of halogens is 2. The molecule has 0 aliphatic rings. The average Bonchev–Trinajstić information content (AvgIpc) is 2.56. The van der Waals surface area contributed by atoms with E-state index in [1.807, 2.05) is 6.07 Å². The van der Waals surface area contributed by atoms with E-state index in [-0.39, 0.29) is 5.75 Å². The Balaban J connectivity index is 1.92. The minimum absolute atomic E-state index is 0.00452. The molecule has 0 aliphatic carbocycles. The Morgan fingerprint density at radius 2 is 1.58 bits per heavy atom. The molecule has 1 atom stereocenters. The number of nitrogens with zero attached hydrogens (tertiary/aromatic N) is 1. The second-order valence-electron chi connectivity index (χ2n) is 4.79. The van der Waals surface area contributed by atoms with Crippen molar-refractivity contribution in [3.05, 3.63) is 54.1 Å². The van der Waals surface area contributed by atoms with E-state index in [4.69, 9.17) is 10.00 Å². The first-order valence-corrected chi connectivity index (χ1v) is 7.00. The van der Waals surface area contributed by atoms with Gasteiger partial charge in [-0.2, -0.15) is 14.0 Å². The van der Waals surface area contributed by atoms with Crippen LogP contribution < -0.4 is 14.8 Å². The van der Waals surface area contributed by atoms with Crippen LogP contribution in [0.4, 0.5) is 14.5 Å². The van der Waals surface area contributed by atoms with Crippen LogP contribution in [0.15, 0.2) is 48.5 Å². The molecule has 2 aromatic rings. The Morgan fingerprint density at radius 1 is 1.04 bits per heavy atom. The van der Waals surface area contributed by atoms with E-state index in [1.165, 1.54) is 24.3 Å². The highest BCUT2D eigenvalue weighted by Crippen LogP contribution is 2.18. The Morgan fingerprint density at radius 3 is 2.12 bits per heavy atom. The van der Waals surface area contributed by atoms with Gasteiger partial charge in [0.05, 0.1) is 11.6 Å². The number of alkyl halides is 2. The first-order valence-electron chi connectivity index (χ1n) is 7.00. The fourth-order valence-corrected chi connectivity index (χ4v) is 1.83. The lowest BCUT2D eigenvalue weighted by molar-refractivity contribution is -0.122. The summed E-state index contributed by atoms with van der Waals surface area (Å²) < 4.78 is 33.8. The van der Waals surface area contributed by atoms with Crippen LogP contribution >= 0.6 is 0 Å². The summed E-state index contributed by atoms with van der Waals surface area (Å²) in [5, 5.41) is 11.3. The Bertz CT molecular complexity index is 725. The van der Waals surface area contributed by atoms with Gasteiger partial charge in [0.15, 0.2) is 6.10 Å². The van der Waals surface area contributed by atoms with Gasteiger partial charge >= 0.3 is 6.61 Å². The molecule has 2 rings (SSSR count). The molecule has 24 heavy (non-hydrogen) atoms. The number of anilines is 1. The molecule has 0 saturated heterocycles. The van der Waals surface area contributed by atoms with E-state index in [9.17, 15) is 13.6 Å². The molecule has 0 saturated carbocycles. The van der Waals surface area contributed by atoms with Gasteiger partial charge in [0.25, 0.3) is 5.91 Å². The normalized spacial score (nSPS) is 11.5. The van der Waals surface area contributed by atoms with Crippen molar-refractivity contribution in [2.75, 3.05) is 5.32 Å². The lowest BCUT2D eigenvalue weighted by Crippen LogP contribution is -2.30.